The molecule has 4 heteroatoms. The van der Waals surface area contributed by atoms with Crippen LogP contribution in [0.2, 0.25) is 0 Å². The molecule has 0 bridgehead atoms. The third kappa shape index (κ3) is 2.82. The van der Waals surface area contributed by atoms with Gasteiger partial charge in [-0.05, 0) is 49.9 Å². The second-order valence-corrected chi connectivity index (χ2v) is 5.78. The number of hydrogen-bond acceptors (Lipinski definition) is 2. The van der Waals surface area contributed by atoms with Crippen molar-refractivity contribution < 1.29 is 4.79 Å². The van der Waals surface area contributed by atoms with Crippen LogP contribution in [-0.2, 0) is 0 Å². The summed E-state index contributed by atoms with van der Waals surface area (Å²) in [6, 6.07) is 12.8. The molecule has 1 fully saturated rings. The standard InChI is InChI=1S/C18H20N2O2/c1-13-15(10-11-17(21)19-13)16-9-5-6-12-20(16)18(22)14-7-3-2-4-8-14/h2-4,7-8,10-11,16H,5-6,9,12H2,1H3,(H,19,21)/t16-/m1/s1. The number of benzene rings is 1. The average molecular weight is 296 g/mol. The molecule has 1 saturated heterocycles. The quantitative estimate of drug-likeness (QED) is 0.926. The van der Waals surface area contributed by atoms with Gasteiger partial charge < -0.3 is 9.88 Å². The molecule has 0 unspecified atom stereocenters. The van der Waals surface area contributed by atoms with E-state index in [0.717, 1.165) is 42.6 Å². The lowest BCUT2D eigenvalue weighted by Crippen LogP contribution is -2.39. The minimum atomic E-state index is -0.0991. The Morgan fingerprint density at radius 1 is 1.14 bits per heavy atom. The molecule has 2 heterocycles. The molecule has 114 valence electrons. The number of rotatable bonds is 2. The maximum Gasteiger partial charge on any atom is 0.254 e. The normalized spacial score (nSPS) is 18.2. The Balaban J connectivity index is 1.94. The van der Waals surface area contributed by atoms with E-state index in [-0.39, 0.29) is 17.5 Å². The van der Waals surface area contributed by atoms with Gasteiger partial charge >= 0.3 is 0 Å². The number of carbonyl (C=O) groups is 1. The first kappa shape index (κ1) is 14.6. The number of nitrogens with zero attached hydrogens (tertiary/aromatic N) is 1. The van der Waals surface area contributed by atoms with Gasteiger partial charge in [-0.2, -0.15) is 0 Å². The smallest absolute Gasteiger partial charge is 0.254 e. The number of aromatic amines is 1. The van der Waals surface area contributed by atoms with Gasteiger partial charge in [0.1, 0.15) is 0 Å². The topological polar surface area (TPSA) is 53.2 Å². The predicted octanol–water partition coefficient (Wildman–Crippen LogP) is 3.05. The Morgan fingerprint density at radius 2 is 1.91 bits per heavy atom. The van der Waals surface area contributed by atoms with Crippen LogP contribution in [0.3, 0.4) is 0 Å². The zero-order valence-corrected chi connectivity index (χ0v) is 12.7. The van der Waals surface area contributed by atoms with E-state index in [2.05, 4.69) is 4.98 Å². The van der Waals surface area contributed by atoms with Gasteiger partial charge in [-0.25, -0.2) is 0 Å². The van der Waals surface area contributed by atoms with Crippen molar-refractivity contribution in [2.24, 2.45) is 0 Å². The van der Waals surface area contributed by atoms with E-state index < -0.39 is 0 Å². The van der Waals surface area contributed by atoms with Crippen molar-refractivity contribution in [1.82, 2.24) is 9.88 Å². The summed E-state index contributed by atoms with van der Waals surface area (Å²) in [5.41, 5.74) is 2.52. The number of carbonyl (C=O) groups excluding carboxylic acids is 1. The number of aryl methyl sites for hydroxylation is 1. The molecule has 1 aromatic heterocycles. The Hall–Kier alpha value is -2.36. The third-order valence-corrected chi connectivity index (χ3v) is 4.30. The number of piperidine rings is 1. The number of aromatic nitrogens is 1. The van der Waals surface area contributed by atoms with Crippen LogP contribution in [0.25, 0.3) is 0 Å². The third-order valence-electron chi connectivity index (χ3n) is 4.30. The van der Waals surface area contributed by atoms with Crippen LogP contribution < -0.4 is 5.56 Å². The van der Waals surface area contributed by atoms with E-state index >= 15 is 0 Å². The highest BCUT2D eigenvalue weighted by atomic mass is 16.2. The Labute approximate surface area is 129 Å². The van der Waals surface area contributed by atoms with Crippen molar-refractivity contribution in [3.63, 3.8) is 0 Å². The highest BCUT2D eigenvalue weighted by Gasteiger charge is 2.29. The van der Waals surface area contributed by atoms with Crippen LogP contribution in [0.1, 0.15) is 46.9 Å². The van der Waals surface area contributed by atoms with Gasteiger partial charge in [-0.15, -0.1) is 0 Å². The van der Waals surface area contributed by atoms with Crippen LogP contribution in [-0.4, -0.2) is 22.3 Å². The lowest BCUT2D eigenvalue weighted by Gasteiger charge is -2.36. The minimum absolute atomic E-state index is 0.0401. The fourth-order valence-corrected chi connectivity index (χ4v) is 3.19. The van der Waals surface area contributed by atoms with Gasteiger partial charge in [0.25, 0.3) is 5.91 Å². The molecular weight excluding hydrogens is 276 g/mol. The summed E-state index contributed by atoms with van der Waals surface area (Å²) in [6.45, 7) is 2.66. The molecular formula is C18H20N2O2. The van der Waals surface area contributed by atoms with Gasteiger partial charge in [-0.3, -0.25) is 9.59 Å². The summed E-state index contributed by atoms with van der Waals surface area (Å²) in [5.74, 6) is 0.0656. The van der Waals surface area contributed by atoms with E-state index in [1.807, 2.05) is 48.2 Å². The summed E-state index contributed by atoms with van der Waals surface area (Å²) in [4.78, 5) is 29.0. The second kappa shape index (κ2) is 6.18. The molecule has 0 aliphatic carbocycles. The maximum atomic E-state index is 12.8. The summed E-state index contributed by atoms with van der Waals surface area (Å²) in [7, 11) is 0. The first-order valence-corrected chi connectivity index (χ1v) is 7.72. The number of pyridine rings is 1. The minimum Gasteiger partial charge on any atom is -0.332 e. The SMILES string of the molecule is Cc1[nH]c(=O)ccc1[C@H]1CCCCN1C(=O)c1ccccc1. The van der Waals surface area contributed by atoms with Crippen molar-refractivity contribution in [1.29, 1.82) is 0 Å². The van der Waals surface area contributed by atoms with Gasteiger partial charge in [0, 0.05) is 23.9 Å². The Morgan fingerprint density at radius 3 is 2.64 bits per heavy atom. The van der Waals surface area contributed by atoms with Gasteiger partial charge in [0.15, 0.2) is 0 Å². The second-order valence-electron chi connectivity index (χ2n) is 5.78. The fourth-order valence-electron chi connectivity index (χ4n) is 3.19. The summed E-state index contributed by atoms with van der Waals surface area (Å²) in [5, 5.41) is 0. The van der Waals surface area contributed by atoms with Crippen LogP contribution in [0.4, 0.5) is 0 Å². The number of H-pyrrole nitrogens is 1. The average Bonchev–Trinajstić information content (AvgIpc) is 2.55. The zero-order chi connectivity index (χ0) is 15.5. The van der Waals surface area contributed by atoms with Gasteiger partial charge in [-0.1, -0.05) is 18.2 Å². The van der Waals surface area contributed by atoms with E-state index in [1.54, 1.807) is 6.07 Å². The molecule has 22 heavy (non-hydrogen) atoms. The van der Waals surface area contributed by atoms with E-state index in [4.69, 9.17) is 0 Å². The summed E-state index contributed by atoms with van der Waals surface area (Å²) < 4.78 is 0. The van der Waals surface area contributed by atoms with Crippen molar-refractivity contribution in [2.45, 2.75) is 32.2 Å². The van der Waals surface area contributed by atoms with Gasteiger partial charge in [0.05, 0.1) is 6.04 Å². The first-order valence-electron chi connectivity index (χ1n) is 7.72. The monoisotopic (exact) mass is 296 g/mol. The predicted molar refractivity (Wildman–Crippen MR) is 85.9 cm³/mol. The molecule has 1 atom stereocenters. The molecule has 1 aliphatic rings. The molecule has 0 radical (unpaired) electrons. The fraction of sp³-hybridized carbons (Fsp3) is 0.333. The molecule has 1 aliphatic heterocycles. The van der Waals surface area contributed by atoms with Crippen LogP contribution in [0, 0.1) is 6.92 Å². The van der Waals surface area contributed by atoms with Crippen molar-refractivity contribution >= 4 is 5.91 Å². The van der Waals surface area contributed by atoms with Crippen LogP contribution in [0.15, 0.2) is 47.3 Å². The molecule has 0 spiro atoms. The van der Waals surface area contributed by atoms with E-state index in [1.165, 1.54) is 0 Å². The molecule has 1 N–H and O–H groups in total. The Kier molecular flexibility index (Phi) is 4.09. The molecule has 1 amide bonds. The number of amides is 1. The number of likely N-dealkylation sites (tertiary alicyclic amines) is 1. The maximum absolute atomic E-state index is 12.8. The highest BCUT2D eigenvalue weighted by molar-refractivity contribution is 5.94. The van der Waals surface area contributed by atoms with Crippen molar-refractivity contribution in [3.05, 3.63) is 69.6 Å². The molecule has 0 saturated carbocycles. The largest absolute Gasteiger partial charge is 0.332 e. The van der Waals surface area contributed by atoms with Crippen LogP contribution >= 0.6 is 0 Å². The van der Waals surface area contributed by atoms with Crippen molar-refractivity contribution in [2.75, 3.05) is 6.54 Å². The Bertz CT molecular complexity index is 721. The highest BCUT2D eigenvalue weighted by Crippen LogP contribution is 2.32. The molecule has 1 aromatic carbocycles. The summed E-state index contributed by atoms with van der Waals surface area (Å²) in [6.07, 6.45) is 3.06. The first-order chi connectivity index (χ1) is 10.7. The molecule has 4 nitrogen and oxygen atoms in total. The number of nitrogens with one attached hydrogen (secondary N) is 1. The summed E-state index contributed by atoms with van der Waals surface area (Å²) >= 11 is 0. The number of hydrogen-bond donors (Lipinski definition) is 1. The molecule has 2 aromatic rings. The van der Waals surface area contributed by atoms with Gasteiger partial charge in [0.2, 0.25) is 5.56 Å². The zero-order valence-electron chi connectivity index (χ0n) is 12.7. The van der Waals surface area contributed by atoms with Crippen LogP contribution in [0.5, 0.6) is 0 Å². The van der Waals surface area contributed by atoms with Crippen molar-refractivity contribution in [3.8, 4) is 0 Å². The van der Waals surface area contributed by atoms with E-state index in [9.17, 15) is 9.59 Å². The van der Waals surface area contributed by atoms with E-state index in [0.29, 0.717) is 0 Å². The lowest BCUT2D eigenvalue weighted by atomic mass is 9.93. The lowest BCUT2D eigenvalue weighted by molar-refractivity contribution is 0.0610. The molecule has 3 rings (SSSR count).